The van der Waals surface area contributed by atoms with Crippen molar-refractivity contribution in [3.05, 3.63) is 0 Å². The number of nitrogens with zero attached hydrogens (tertiary/aromatic N) is 1. The molecular weight excluding hydrogens is 248 g/mol. The van der Waals surface area contributed by atoms with E-state index in [1.54, 1.807) is 0 Å². The fourth-order valence-corrected chi connectivity index (χ4v) is 4.21. The normalized spacial score (nSPS) is 29.2. The fraction of sp³-hybridized carbons (Fsp3) is 1.00. The third-order valence-electron chi connectivity index (χ3n) is 4.82. The highest BCUT2D eigenvalue weighted by Crippen LogP contribution is 2.34. The van der Waals surface area contributed by atoms with E-state index in [0.717, 1.165) is 26.1 Å². The van der Waals surface area contributed by atoms with E-state index in [9.17, 15) is 0 Å². The lowest BCUT2D eigenvalue weighted by atomic mass is 9.72. The molecule has 2 aliphatic rings. The maximum Gasteiger partial charge on any atom is 0.0133 e. The SMILES string of the molecule is CC1(C)CC(C(N)CCN2CCNCC2)CC(C)(C)N1. The average Bonchev–Trinajstić information content (AvgIpc) is 2.33. The van der Waals surface area contributed by atoms with Crippen LogP contribution >= 0.6 is 0 Å². The van der Waals surface area contributed by atoms with E-state index >= 15 is 0 Å². The molecule has 4 nitrogen and oxygen atoms in total. The van der Waals surface area contributed by atoms with Crippen LogP contribution in [0.15, 0.2) is 0 Å². The maximum atomic E-state index is 6.54. The average molecular weight is 282 g/mol. The molecule has 0 aromatic carbocycles. The van der Waals surface area contributed by atoms with E-state index < -0.39 is 0 Å². The highest BCUT2D eigenvalue weighted by Gasteiger charge is 2.39. The first-order valence-electron chi connectivity index (χ1n) is 8.25. The van der Waals surface area contributed by atoms with Gasteiger partial charge in [0.2, 0.25) is 0 Å². The van der Waals surface area contributed by atoms with Gasteiger partial charge in [-0.3, -0.25) is 0 Å². The molecule has 0 bridgehead atoms. The lowest BCUT2D eigenvalue weighted by Gasteiger charge is -2.48. The Hall–Kier alpha value is -0.160. The lowest BCUT2D eigenvalue weighted by molar-refractivity contribution is 0.106. The molecule has 1 unspecified atom stereocenters. The van der Waals surface area contributed by atoms with Gasteiger partial charge in [-0.05, 0) is 59.4 Å². The fourth-order valence-electron chi connectivity index (χ4n) is 4.21. The quantitative estimate of drug-likeness (QED) is 0.724. The minimum absolute atomic E-state index is 0.207. The summed E-state index contributed by atoms with van der Waals surface area (Å²) >= 11 is 0. The molecule has 20 heavy (non-hydrogen) atoms. The van der Waals surface area contributed by atoms with E-state index in [1.807, 2.05) is 0 Å². The van der Waals surface area contributed by atoms with Crippen molar-refractivity contribution < 1.29 is 0 Å². The second-order valence-electron chi connectivity index (χ2n) is 8.11. The molecule has 0 spiro atoms. The predicted molar refractivity (Wildman–Crippen MR) is 85.9 cm³/mol. The van der Waals surface area contributed by atoms with Gasteiger partial charge >= 0.3 is 0 Å². The monoisotopic (exact) mass is 282 g/mol. The van der Waals surface area contributed by atoms with Crippen molar-refractivity contribution in [2.45, 2.75) is 64.1 Å². The van der Waals surface area contributed by atoms with Crippen LogP contribution in [0, 0.1) is 5.92 Å². The molecule has 1 atom stereocenters. The van der Waals surface area contributed by atoms with Crippen LogP contribution in [0.5, 0.6) is 0 Å². The largest absolute Gasteiger partial charge is 0.327 e. The van der Waals surface area contributed by atoms with Crippen LogP contribution in [-0.4, -0.2) is 54.7 Å². The summed E-state index contributed by atoms with van der Waals surface area (Å²) in [5, 5.41) is 7.15. The molecule has 2 saturated heterocycles. The maximum absolute atomic E-state index is 6.54. The summed E-state index contributed by atoms with van der Waals surface area (Å²) in [4.78, 5) is 2.55. The molecule has 2 heterocycles. The van der Waals surface area contributed by atoms with Gasteiger partial charge in [-0.15, -0.1) is 0 Å². The standard InChI is InChI=1S/C16H34N4/c1-15(2)11-13(12-16(3,4)19-15)14(17)5-8-20-9-6-18-7-10-20/h13-14,18-19H,5-12,17H2,1-4H3. The van der Waals surface area contributed by atoms with Crippen molar-refractivity contribution in [1.29, 1.82) is 0 Å². The summed E-state index contributed by atoms with van der Waals surface area (Å²) in [6.45, 7) is 15.0. The molecule has 118 valence electrons. The second-order valence-corrected chi connectivity index (χ2v) is 8.11. The Morgan fingerprint density at radius 3 is 2.20 bits per heavy atom. The van der Waals surface area contributed by atoms with Crippen molar-refractivity contribution in [3.63, 3.8) is 0 Å². The molecular formula is C16H34N4. The number of nitrogens with one attached hydrogen (secondary N) is 2. The molecule has 0 amide bonds. The van der Waals surface area contributed by atoms with Gasteiger partial charge in [0.15, 0.2) is 0 Å². The zero-order valence-corrected chi connectivity index (χ0v) is 13.8. The Labute approximate surface area is 124 Å². The lowest BCUT2D eigenvalue weighted by Crippen LogP contribution is -2.60. The smallest absolute Gasteiger partial charge is 0.0133 e. The highest BCUT2D eigenvalue weighted by atomic mass is 15.2. The topological polar surface area (TPSA) is 53.3 Å². The molecule has 2 fully saturated rings. The van der Waals surface area contributed by atoms with Crippen LogP contribution in [0.1, 0.15) is 47.0 Å². The van der Waals surface area contributed by atoms with Crippen molar-refractivity contribution in [2.75, 3.05) is 32.7 Å². The summed E-state index contributed by atoms with van der Waals surface area (Å²) in [5.41, 5.74) is 6.95. The number of piperidine rings is 1. The van der Waals surface area contributed by atoms with Crippen molar-refractivity contribution in [2.24, 2.45) is 11.7 Å². The predicted octanol–water partition coefficient (Wildman–Crippen LogP) is 1.17. The molecule has 2 aliphatic heterocycles. The van der Waals surface area contributed by atoms with Gasteiger partial charge in [0.1, 0.15) is 0 Å². The number of rotatable bonds is 4. The van der Waals surface area contributed by atoms with Gasteiger partial charge in [-0.25, -0.2) is 0 Å². The van der Waals surface area contributed by atoms with Gasteiger partial charge in [0, 0.05) is 43.3 Å². The van der Waals surface area contributed by atoms with Crippen LogP contribution in [0.2, 0.25) is 0 Å². The summed E-state index contributed by atoms with van der Waals surface area (Å²) in [7, 11) is 0. The molecule has 0 aliphatic carbocycles. The van der Waals surface area contributed by atoms with Gasteiger partial charge < -0.3 is 21.3 Å². The first-order valence-corrected chi connectivity index (χ1v) is 8.25. The molecule has 4 N–H and O–H groups in total. The zero-order chi connectivity index (χ0) is 14.8. The third-order valence-corrected chi connectivity index (χ3v) is 4.82. The van der Waals surface area contributed by atoms with E-state index in [4.69, 9.17) is 5.73 Å². The van der Waals surface area contributed by atoms with Crippen molar-refractivity contribution in [1.82, 2.24) is 15.5 Å². The van der Waals surface area contributed by atoms with Crippen LogP contribution in [-0.2, 0) is 0 Å². The van der Waals surface area contributed by atoms with Crippen LogP contribution in [0.25, 0.3) is 0 Å². The number of hydrogen-bond donors (Lipinski definition) is 3. The Bertz CT molecular complexity index is 292. The van der Waals surface area contributed by atoms with Crippen molar-refractivity contribution >= 4 is 0 Å². The molecule has 0 aromatic rings. The summed E-state index contributed by atoms with van der Waals surface area (Å²) in [5.74, 6) is 0.643. The second kappa shape index (κ2) is 6.30. The first-order chi connectivity index (χ1) is 9.27. The number of hydrogen-bond acceptors (Lipinski definition) is 4. The van der Waals surface area contributed by atoms with Crippen LogP contribution in [0.3, 0.4) is 0 Å². The molecule has 2 rings (SSSR count). The Kier molecular flexibility index (Phi) is 5.11. The molecule has 0 aromatic heterocycles. The zero-order valence-electron chi connectivity index (χ0n) is 13.8. The van der Waals surface area contributed by atoms with E-state index in [0.29, 0.717) is 12.0 Å². The summed E-state index contributed by atoms with van der Waals surface area (Å²) in [6, 6.07) is 0.338. The van der Waals surface area contributed by atoms with Gasteiger partial charge in [-0.2, -0.15) is 0 Å². The molecule has 4 heteroatoms. The van der Waals surface area contributed by atoms with Crippen LogP contribution < -0.4 is 16.4 Å². The number of piperazine rings is 1. The van der Waals surface area contributed by atoms with E-state index in [1.165, 1.54) is 25.9 Å². The molecule has 0 radical (unpaired) electrons. The van der Waals surface area contributed by atoms with Gasteiger partial charge in [0.05, 0.1) is 0 Å². The summed E-state index contributed by atoms with van der Waals surface area (Å²) < 4.78 is 0. The first kappa shape index (κ1) is 16.2. The van der Waals surface area contributed by atoms with Gasteiger partial charge in [0.25, 0.3) is 0 Å². The molecule has 0 saturated carbocycles. The minimum Gasteiger partial charge on any atom is -0.327 e. The van der Waals surface area contributed by atoms with Crippen molar-refractivity contribution in [3.8, 4) is 0 Å². The Balaban J connectivity index is 1.83. The third kappa shape index (κ3) is 4.69. The number of nitrogens with two attached hydrogens (primary N) is 1. The summed E-state index contributed by atoms with van der Waals surface area (Å²) in [6.07, 6.45) is 3.52. The van der Waals surface area contributed by atoms with Crippen LogP contribution in [0.4, 0.5) is 0 Å². The Morgan fingerprint density at radius 2 is 1.65 bits per heavy atom. The minimum atomic E-state index is 0.207. The van der Waals surface area contributed by atoms with E-state index in [2.05, 4.69) is 43.2 Å². The van der Waals surface area contributed by atoms with Gasteiger partial charge in [-0.1, -0.05) is 0 Å². The highest BCUT2D eigenvalue weighted by molar-refractivity contribution is 4.99. The Morgan fingerprint density at radius 1 is 1.10 bits per heavy atom. The van der Waals surface area contributed by atoms with E-state index in [-0.39, 0.29) is 11.1 Å².